The van der Waals surface area contributed by atoms with E-state index in [4.69, 9.17) is 9.47 Å². The quantitative estimate of drug-likeness (QED) is 0.0564. The van der Waals surface area contributed by atoms with Gasteiger partial charge >= 0.3 is 0 Å². The molecule has 0 fully saturated rings. The van der Waals surface area contributed by atoms with Crippen LogP contribution in [0.1, 0.15) is 200 Å². The lowest BCUT2D eigenvalue weighted by atomic mass is 10.1. The first-order chi connectivity index (χ1) is 21.3. The van der Waals surface area contributed by atoms with Gasteiger partial charge in [0.05, 0.1) is 12.7 Å². The number of ether oxygens (including phenoxy) is 2. The van der Waals surface area contributed by atoms with Gasteiger partial charge in [0.15, 0.2) is 0 Å². The third kappa shape index (κ3) is 37.5. The molecule has 0 bridgehead atoms. The minimum absolute atomic E-state index is 0.0437. The Hall–Kier alpha value is -0.640. The number of hydrogen-bond donors (Lipinski definition) is 1. The van der Waals surface area contributed by atoms with E-state index in [2.05, 4.69) is 38.2 Å². The lowest BCUT2D eigenvalue weighted by molar-refractivity contribution is -0.0288. The Kier molecular flexibility index (Phi) is 38.8. The molecule has 0 aromatic rings. The lowest BCUT2D eigenvalue weighted by Crippen LogP contribution is -2.22. The Morgan fingerprint density at radius 3 is 1.19 bits per heavy atom. The molecule has 0 heterocycles. The fraction of sp³-hybridized carbons (Fsp3) is 0.900. The molecule has 43 heavy (non-hydrogen) atoms. The van der Waals surface area contributed by atoms with Crippen molar-refractivity contribution in [3.05, 3.63) is 24.3 Å². The van der Waals surface area contributed by atoms with E-state index in [0.29, 0.717) is 13.0 Å². The van der Waals surface area contributed by atoms with Crippen LogP contribution in [0.15, 0.2) is 24.3 Å². The predicted molar refractivity (Wildman–Crippen MR) is 191 cm³/mol. The fourth-order valence-corrected chi connectivity index (χ4v) is 5.62. The Morgan fingerprint density at radius 1 is 0.442 bits per heavy atom. The van der Waals surface area contributed by atoms with Crippen LogP contribution in [0.4, 0.5) is 0 Å². The lowest BCUT2D eigenvalue weighted by Gasteiger charge is -2.17. The van der Waals surface area contributed by atoms with E-state index < -0.39 is 0 Å². The molecule has 0 saturated heterocycles. The average Bonchev–Trinajstić information content (AvgIpc) is 3.01. The van der Waals surface area contributed by atoms with E-state index in [1.165, 1.54) is 167 Å². The summed E-state index contributed by atoms with van der Waals surface area (Å²) in [7, 11) is 0. The standard InChI is InChI=1S/C40H78O3/c1-3-5-7-9-11-13-15-17-19-21-23-25-27-29-31-33-37-42-39-40(35-36-41)43-38-34-32-30-28-26-24-22-20-18-16-14-12-10-8-6-4-2/h17-20,40-41H,3-16,21-39H2,1-2H3/b19-17-,20-18-. The van der Waals surface area contributed by atoms with Crippen molar-refractivity contribution in [2.24, 2.45) is 0 Å². The van der Waals surface area contributed by atoms with Crippen LogP contribution in [-0.2, 0) is 9.47 Å². The van der Waals surface area contributed by atoms with E-state index in [1.807, 2.05) is 0 Å². The zero-order valence-electron chi connectivity index (χ0n) is 29.5. The summed E-state index contributed by atoms with van der Waals surface area (Å²) in [6.45, 7) is 6.98. The summed E-state index contributed by atoms with van der Waals surface area (Å²) in [5.41, 5.74) is 0. The van der Waals surface area contributed by atoms with Crippen molar-refractivity contribution in [1.82, 2.24) is 0 Å². The van der Waals surface area contributed by atoms with Gasteiger partial charge in [0.1, 0.15) is 0 Å². The van der Waals surface area contributed by atoms with Crippen molar-refractivity contribution >= 4 is 0 Å². The maximum Gasteiger partial charge on any atom is 0.0830 e. The van der Waals surface area contributed by atoms with Crippen LogP contribution < -0.4 is 0 Å². The van der Waals surface area contributed by atoms with Gasteiger partial charge in [-0.15, -0.1) is 0 Å². The minimum Gasteiger partial charge on any atom is -0.396 e. The second-order valence-corrected chi connectivity index (χ2v) is 13.0. The first-order valence-corrected chi connectivity index (χ1v) is 19.4. The first kappa shape index (κ1) is 42.4. The molecule has 1 atom stereocenters. The summed E-state index contributed by atoms with van der Waals surface area (Å²) in [6.07, 6.45) is 47.5. The number of aliphatic hydroxyl groups is 1. The molecule has 0 spiro atoms. The molecule has 3 heteroatoms. The summed E-state index contributed by atoms with van der Waals surface area (Å²) in [5.74, 6) is 0. The van der Waals surface area contributed by atoms with Crippen LogP contribution in [0.2, 0.25) is 0 Å². The van der Waals surface area contributed by atoms with Crippen molar-refractivity contribution < 1.29 is 14.6 Å². The zero-order valence-corrected chi connectivity index (χ0v) is 29.5. The molecule has 0 amide bonds. The molecule has 0 aliphatic rings. The molecule has 0 aromatic carbocycles. The van der Waals surface area contributed by atoms with E-state index in [1.54, 1.807) is 0 Å². The molecule has 0 rings (SSSR count). The van der Waals surface area contributed by atoms with Crippen molar-refractivity contribution in [3.8, 4) is 0 Å². The van der Waals surface area contributed by atoms with Crippen LogP contribution in [0.25, 0.3) is 0 Å². The summed E-state index contributed by atoms with van der Waals surface area (Å²) in [5, 5.41) is 9.39. The van der Waals surface area contributed by atoms with Crippen LogP contribution >= 0.6 is 0 Å². The minimum atomic E-state index is 0.0437. The molecule has 0 aromatic heterocycles. The topological polar surface area (TPSA) is 38.7 Å². The first-order valence-electron chi connectivity index (χ1n) is 19.4. The molecule has 1 N–H and O–H groups in total. The van der Waals surface area contributed by atoms with Crippen molar-refractivity contribution in [2.75, 3.05) is 26.4 Å². The Morgan fingerprint density at radius 2 is 0.791 bits per heavy atom. The maximum absolute atomic E-state index is 9.39. The number of unbranched alkanes of at least 4 members (excludes halogenated alkanes) is 24. The SMILES string of the molecule is CCCCCCCC/C=C\CCCCCCCCOCC(CCO)OCCCCCCCC/C=C\CCCCCCCC. The van der Waals surface area contributed by atoms with Gasteiger partial charge in [0.25, 0.3) is 0 Å². The summed E-state index contributed by atoms with van der Waals surface area (Å²) in [6, 6.07) is 0. The highest BCUT2D eigenvalue weighted by Crippen LogP contribution is 2.12. The smallest absolute Gasteiger partial charge is 0.0830 e. The van der Waals surface area contributed by atoms with Crippen molar-refractivity contribution in [3.63, 3.8) is 0 Å². The summed E-state index contributed by atoms with van der Waals surface area (Å²) >= 11 is 0. The van der Waals surface area contributed by atoms with E-state index in [9.17, 15) is 5.11 Å². The summed E-state index contributed by atoms with van der Waals surface area (Å²) < 4.78 is 11.9. The van der Waals surface area contributed by atoms with Gasteiger partial charge in [-0.25, -0.2) is 0 Å². The third-order valence-electron chi connectivity index (χ3n) is 8.56. The Balaban J connectivity index is 3.42. The van der Waals surface area contributed by atoms with Crippen LogP contribution in [-0.4, -0.2) is 37.6 Å². The van der Waals surface area contributed by atoms with Gasteiger partial charge in [0.2, 0.25) is 0 Å². The van der Waals surface area contributed by atoms with Crippen LogP contribution in [0, 0.1) is 0 Å². The van der Waals surface area contributed by atoms with E-state index >= 15 is 0 Å². The van der Waals surface area contributed by atoms with Gasteiger partial charge in [-0.1, -0.05) is 154 Å². The molecule has 3 nitrogen and oxygen atoms in total. The van der Waals surface area contributed by atoms with Crippen molar-refractivity contribution in [2.45, 2.75) is 206 Å². The molecule has 0 aliphatic carbocycles. The monoisotopic (exact) mass is 607 g/mol. The molecular formula is C40H78O3. The Bertz CT molecular complexity index is 544. The molecular weight excluding hydrogens is 528 g/mol. The number of rotatable bonds is 37. The number of aliphatic hydroxyl groups excluding tert-OH is 1. The third-order valence-corrected chi connectivity index (χ3v) is 8.56. The largest absolute Gasteiger partial charge is 0.396 e. The summed E-state index contributed by atoms with van der Waals surface area (Å²) in [4.78, 5) is 0. The number of hydrogen-bond acceptors (Lipinski definition) is 3. The fourth-order valence-electron chi connectivity index (χ4n) is 5.62. The zero-order chi connectivity index (χ0) is 31.2. The second kappa shape index (κ2) is 39.4. The Labute approximate surface area is 271 Å². The molecule has 1 unspecified atom stereocenters. The van der Waals surface area contributed by atoms with Gasteiger partial charge in [0, 0.05) is 19.8 Å². The van der Waals surface area contributed by atoms with Gasteiger partial charge in [-0.3, -0.25) is 0 Å². The normalized spacial score (nSPS) is 12.7. The molecule has 0 radical (unpaired) electrons. The van der Waals surface area contributed by atoms with Crippen LogP contribution in [0.5, 0.6) is 0 Å². The highest BCUT2D eigenvalue weighted by atomic mass is 16.5. The molecule has 0 saturated carbocycles. The second-order valence-electron chi connectivity index (χ2n) is 13.0. The average molecular weight is 607 g/mol. The predicted octanol–water partition coefficient (Wildman–Crippen LogP) is 12.8. The van der Waals surface area contributed by atoms with Crippen molar-refractivity contribution in [1.29, 1.82) is 0 Å². The highest BCUT2D eigenvalue weighted by molar-refractivity contribution is 4.82. The van der Waals surface area contributed by atoms with Gasteiger partial charge in [-0.2, -0.15) is 0 Å². The molecule has 0 aliphatic heterocycles. The van der Waals surface area contributed by atoms with Gasteiger partial charge < -0.3 is 14.6 Å². The number of allylic oxidation sites excluding steroid dienone is 4. The maximum atomic E-state index is 9.39. The van der Waals surface area contributed by atoms with Crippen LogP contribution in [0.3, 0.4) is 0 Å². The van der Waals surface area contributed by atoms with Gasteiger partial charge in [-0.05, 0) is 70.6 Å². The highest BCUT2D eigenvalue weighted by Gasteiger charge is 2.08. The van der Waals surface area contributed by atoms with E-state index in [-0.39, 0.29) is 12.7 Å². The van der Waals surface area contributed by atoms with E-state index in [0.717, 1.165) is 26.1 Å². The molecule has 256 valence electrons.